The number of hydrogen-bond donors (Lipinski definition) is 0. The van der Waals surface area contributed by atoms with Crippen molar-refractivity contribution < 1.29 is 4.42 Å². The predicted molar refractivity (Wildman–Crippen MR) is 232 cm³/mol. The molecule has 0 saturated heterocycles. The van der Waals surface area contributed by atoms with Crippen molar-refractivity contribution in [3.8, 4) is 67.5 Å². The highest BCUT2D eigenvalue weighted by molar-refractivity contribution is 6.13. The molecule has 0 aliphatic heterocycles. The van der Waals surface area contributed by atoms with E-state index in [0.29, 0.717) is 17.5 Å². The minimum Gasteiger partial charge on any atom is -0.456 e. The third-order valence-electron chi connectivity index (χ3n) is 10.5. The molecule has 10 aromatic rings. The fourth-order valence-corrected chi connectivity index (χ4v) is 7.73. The summed E-state index contributed by atoms with van der Waals surface area (Å²) in [5.41, 5.74) is 12.3. The number of para-hydroxylation sites is 1. The maximum Gasteiger partial charge on any atom is 0.164 e. The Morgan fingerprint density at radius 2 is 0.946 bits per heavy atom. The van der Waals surface area contributed by atoms with E-state index in [4.69, 9.17) is 19.4 Å². The summed E-state index contributed by atoms with van der Waals surface area (Å²) in [5, 5.41) is 4.59. The van der Waals surface area contributed by atoms with Crippen LogP contribution in [0.25, 0.3) is 106 Å². The summed E-state index contributed by atoms with van der Waals surface area (Å²) in [7, 11) is 0. The Morgan fingerprint density at radius 1 is 0.393 bits per heavy atom. The van der Waals surface area contributed by atoms with Gasteiger partial charge in [0.15, 0.2) is 17.5 Å². The summed E-state index contributed by atoms with van der Waals surface area (Å²) < 4.78 is 6.29. The average Bonchev–Trinajstić information content (AvgIpc) is 3.66. The lowest BCUT2D eigenvalue weighted by molar-refractivity contribution is 0.669. The monoisotopic (exact) mass is 717 g/mol. The second kappa shape index (κ2) is 14.1. The quantitative estimate of drug-likeness (QED) is 0.165. The van der Waals surface area contributed by atoms with E-state index >= 15 is 0 Å². The standard InChI is InChI=1S/C52H35N3O/c1-2-12-36-14-5-6-16-42(36)37-26-30-39(31-27-37)51-53-50(38-28-23-35(24-29-38)41-32-25-34-13-3-4-15-40(34)33-41)54-52(55-51)45-18-8-7-17-43(45)44-20-11-22-48-49(44)46-19-9-10-21-47(46)56-48/h2-33H,1H3/b12-2-. The van der Waals surface area contributed by atoms with Gasteiger partial charge in [-0.3, -0.25) is 0 Å². The number of aromatic nitrogens is 3. The lowest BCUT2D eigenvalue weighted by atomic mass is 9.95. The highest BCUT2D eigenvalue weighted by Crippen LogP contribution is 2.40. The van der Waals surface area contributed by atoms with Crippen molar-refractivity contribution in [2.45, 2.75) is 6.92 Å². The zero-order valence-electron chi connectivity index (χ0n) is 30.7. The molecular formula is C52H35N3O. The van der Waals surface area contributed by atoms with E-state index in [-0.39, 0.29) is 0 Å². The van der Waals surface area contributed by atoms with Gasteiger partial charge >= 0.3 is 0 Å². The second-order valence-electron chi connectivity index (χ2n) is 13.9. The van der Waals surface area contributed by atoms with E-state index in [1.165, 1.54) is 27.5 Å². The molecule has 0 N–H and O–H groups in total. The summed E-state index contributed by atoms with van der Waals surface area (Å²) in [6.07, 6.45) is 4.21. The Kier molecular flexibility index (Phi) is 8.34. The van der Waals surface area contributed by atoms with Crippen LogP contribution in [0.4, 0.5) is 0 Å². The molecule has 4 heteroatoms. The number of allylic oxidation sites excluding steroid dienone is 1. The van der Waals surface area contributed by atoms with E-state index in [1.54, 1.807) is 0 Å². The van der Waals surface area contributed by atoms with Crippen molar-refractivity contribution in [2.75, 3.05) is 0 Å². The Balaban J connectivity index is 1.11. The Hall–Kier alpha value is -7.43. The van der Waals surface area contributed by atoms with Gasteiger partial charge in [-0.05, 0) is 74.8 Å². The number of rotatable bonds is 7. The van der Waals surface area contributed by atoms with Crippen LogP contribution in [-0.2, 0) is 0 Å². The first-order chi connectivity index (χ1) is 27.7. The van der Waals surface area contributed by atoms with Gasteiger partial charge in [0.1, 0.15) is 11.2 Å². The van der Waals surface area contributed by atoms with Crippen LogP contribution >= 0.6 is 0 Å². The SMILES string of the molecule is C/C=C\c1ccccc1-c1ccc(-c2nc(-c3ccc(-c4ccc5ccccc5c4)cc3)nc(-c3ccccc3-c3cccc4oc5ccccc5c34)n2)cc1. The first kappa shape index (κ1) is 33.2. The van der Waals surface area contributed by atoms with Crippen molar-refractivity contribution in [3.63, 3.8) is 0 Å². The van der Waals surface area contributed by atoms with E-state index < -0.39 is 0 Å². The number of benzene rings is 8. The highest BCUT2D eigenvalue weighted by Gasteiger charge is 2.19. The molecule has 0 bridgehead atoms. The summed E-state index contributed by atoms with van der Waals surface area (Å²) in [4.78, 5) is 15.5. The van der Waals surface area contributed by atoms with E-state index in [1.807, 2.05) is 37.3 Å². The Morgan fingerprint density at radius 3 is 1.71 bits per heavy atom. The fraction of sp³-hybridized carbons (Fsp3) is 0.0192. The molecule has 0 aliphatic rings. The highest BCUT2D eigenvalue weighted by atomic mass is 16.3. The Bertz CT molecular complexity index is 3080. The van der Waals surface area contributed by atoms with Crippen molar-refractivity contribution in [1.82, 2.24) is 15.0 Å². The van der Waals surface area contributed by atoms with Gasteiger partial charge in [-0.1, -0.05) is 176 Å². The summed E-state index contributed by atoms with van der Waals surface area (Å²) in [6, 6.07) is 63.3. The molecule has 0 fully saturated rings. The van der Waals surface area contributed by atoms with Crippen LogP contribution < -0.4 is 0 Å². The van der Waals surface area contributed by atoms with Crippen LogP contribution in [-0.4, -0.2) is 15.0 Å². The van der Waals surface area contributed by atoms with E-state index in [2.05, 4.69) is 164 Å². The molecule has 0 radical (unpaired) electrons. The second-order valence-corrected chi connectivity index (χ2v) is 13.9. The molecular weight excluding hydrogens is 683 g/mol. The molecule has 2 aromatic heterocycles. The minimum atomic E-state index is 0.603. The van der Waals surface area contributed by atoms with Crippen LogP contribution in [0.3, 0.4) is 0 Å². The first-order valence-corrected chi connectivity index (χ1v) is 18.9. The van der Waals surface area contributed by atoms with Gasteiger partial charge in [-0.15, -0.1) is 0 Å². The molecule has 0 atom stereocenters. The van der Waals surface area contributed by atoms with Crippen molar-refractivity contribution >= 4 is 38.8 Å². The van der Waals surface area contributed by atoms with Gasteiger partial charge in [-0.2, -0.15) is 0 Å². The van der Waals surface area contributed by atoms with Crippen LogP contribution in [0.2, 0.25) is 0 Å². The molecule has 8 aromatic carbocycles. The molecule has 264 valence electrons. The number of hydrogen-bond acceptors (Lipinski definition) is 4. The molecule has 0 saturated carbocycles. The smallest absolute Gasteiger partial charge is 0.164 e. The molecule has 0 aliphatic carbocycles. The van der Waals surface area contributed by atoms with Crippen molar-refractivity contribution in [3.05, 3.63) is 194 Å². The average molecular weight is 718 g/mol. The van der Waals surface area contributed by atoms with Gasteiger partial charge in [-0.25, -0.2) is 15.0 Å². The maximum atomic E-state index is 6.29. The molecule has 10 rings (SSSR count). The predicted octanol–water partition coefficient (Wildman–Crippen LogP) is 14.0. The normalized spacial score (nSPS) is 11.6. The van der Waals surface area contributed by atoms with E-state index in [0.717, 1.165) is 60.9 Å². The van der Waals surface area contributed by atoms with Gasteiger partial charge < -0.3 is 4.42 Å². The van der Waals surface area contributed by atoms with Crippen LogP contribution in [0.15, 0.2) is 192 Å². The zero-order valence-corrected chi connectivity index (χ0v) is 30.7. The maximum absolute atomic E-state index is 6.29. The zero-order chi connectivity index (χ0) is 37.4. The minimum absolute atomic E-state index is 0.603. The molecule has 0 amide bonds. The van der Waals surface area contributed by atoms with E-state index in [9.17, 15) is 0 Å². The van der Waals surface area contributed by atoms with Gasteiger partial charge in [0.05, 0.1) is 0 Å². The molecule has 56 heavy (non-hydrogen) atoms. The van der Waals surface area contributed by atoms with Gasteiger partial charge in [0, 0.05) is 27.5 Å². The third kappa shape index (κ3) is 6.04. The number of furan rings is 1. The third-order valence-corrected chi connectivity index (χ3v) is 10.5. The summed E-state index contributed by atoms with van der Waals surface area (Å²) >= 11 is 0. The van der Waals surface area contributed by atoms with Gasteiger partial charge in [0.2, 0.25) is 0 Å². The Labute approximate surface area is 325 Å². The molecule has 2 heterocycles. The van der Waals surface area contributed by atoms with Crippen LogP contribution in [0.1, 0.15) is 12.5 Å². The number of fused-ring (bicyclic) bond motifs is 4. The molecule has 0 spiro atoms. The fourth-order valence-electron chi connectivity index (χ4n) is 7.73. The molecule has 0 unspecified atom stereocenters. The van der Waals surface area contributed by atoms with Crippen LogP contribution in [0, 0.1) is 0 Å². The number of nitrogens with zero attached hydrogens (tertiary/aromatic N) is 3. The largest absolute Gasteiger partial charge is 0.456 e. The van der Waals surface area contributed by atoms with Crippen LogP contribution in [0.5, 0.6) is 0 Å². The molecule has 4 nitrogen and oxygen atoms in total. The van der Waals surface area contributed by atoms with Gasteiger partial charge in [0.25, 0.3) is 0 Å². The van der Waals surface area contributed by atoms with Crippen molar-refractivity contribution in [2.24, 2.45) is 0 Å². The topological polar surface area (TPSA) is 51.8 Å². The lowest BCUT2D eigenvalue weighted by Gasteiger charge is -2.13. The first-order valence-electron chi connectivity index (χ1n) is 18.9. The lowest BCUT2D eigenvalue weighted by Crippen LogP contribution is -2.01. The summed E-state index contributed by atoms with van der Waals surface area (Å²) in [5.74, 6) is 1.82. The van der Waals surface area contributed by atoms with Crippen molar-refractivity contribution in [1.29, 1.82) is 0 Å². The summed E-state index contributed by atoms with van der Waals surface area (Å²) in [6.45, 7) is 2.04.